The minimum absolute atomic E-state index is 0.553. The quantitative estimate of drug-likeness (QED) is 0.546. The average molecular weight is 295 g/mol. The van der Waals surface area contributed by atoms with Crippen LogP contribution in [0.1, 0.15) is 85.0 Å². The standard InChI is InChI=1S/C19H38N2/c1-4-14-20-15-19(12-8-6-7-9-13-19)16-21-17(3)10-11-18(21)5-2/h17-18,20H,4-16H2,1-3H3. The van der Waals surface area contributed by atoms with Gasteiger partial charge in [-0.15, -0.1) is 0 Å². The lowest BCUT2D eigenvalue weighted by molar-refractivity contribution is 0.0914. The van der Waals surface area contributed by atoms with Crippen LogP contribution < -0.4 is 5.32 Å². The van der Waals surface area contributed by atoms with Crippen molar-refractivity contribution in [1.82, 2.24) is 10.2 Å². The largest absolute Gasteiger partial charge is 0.316 e. The Morgan fingerprint density at radius 2 is 1.76 bits per heavy atom. The number of hydrogen-bond acceptors (Lipinski definition) is 2. The molecule has 1 aliphatic carbocycles. The van der Waals surface area contributed by atoms with Crippen LogP contribution >= 0.6 is 0 Å². The van der Waals surface area contributed by atoms with Gasteiger partial charge in [-0.25, -0.2) is 0 Å². The SMILES string of the molecule is CCCNCC1(CN2C(C)CCC2CC)CCCCCC1. The van der Waals surface area contributed by atoms with Crippen molar-refractivity contribution in [3.8, 4) is 0 Å². The molecular weight excluding hydrogens is 256 g/mol. The first kappa shape index (κ1) is 17.3. The average Bonchev–Trinajstić information content (AvgIpc) is 2.69. The van der Waals surface area contributed by atoms with Gasteiger partial charge in [-0.2, -0.15) is 0 Å². The fraction of sp³-hybridized carbons (Fsp3) is 1.00. The summed E-state index contributed by atoms with van der Waals surface area (Å²) in [7, 11) is 0. The molecule has 2 nitrogen and oxygen atoms in total. The van der Waals surface area contributed by atoms with E-state index in [2.05, 4.69) is 31.0 Å². The number of hydrogen-bond donors (Lipinski definition) is 1. The van der Waals surface area contributed by atoms with Gasteiger partial charge in [-0.1, -0.05) is 39.5 Å². The van der Waals surface area contributed by atoms with Gasteiger partial charge in [0.1, 0.15) is 0 Å². The molecule has 1 heterocycles. The van der Waals surface area contributed by atoms with Crippen LogP contribution in [0.4, 0.5) is 0 Å². The Bertz CT molecular complexity index is 281. The zero-order valence-electron chi connectivity index (χ0n) is 14.8. The molecule has 2 aliphatic rings. The van der Waals surface area contributed by atoms with Crippen molar-refractivity contribution < 1.29 is 0 Å². The topological polar surface area (TPSA) is 15.3 Å². The molecule has 0 aromatic rings. The van der Waals surface area contributed by atoms with Crippen molar-refractivity contribution in [2.75, 3.05) is 19.6 Å². The van der Waals surface area contributed by atoms with Gasteiger partial charge < -0.3 is 5.32 Å². The number of nitrogens with one attached hydrogen (secondary N) is 1. The highest BCUT2D eigenvalue weighted by Crippen LogP contribution is 2.38. The number of rotatable bonds is 7. The zero-order valence-corrected chi connectivity index (χ0v) is 14.8. The predicted molar refractivity (Wildman–Crippen MR) is 92.8 cm³/mol. The molecule has 2 atom stereocenters. The maximum absolute atomic E-state index is 3.77. The van der Waals surface area contributed by atoms with Gasteiger partial charge in [0.25, 0.3) is 0 Å². The van der Waals surface area contributed by atoms with Crippen molar-refractivity contribution in [3.63, 3.8) is 0 Å². The molecule has 0 aromatic carbocycles. The van der Waals surface area contributed by atoms with Crippen LogP contribution in [0.15, 0.2) is 0 Å². The van der Waals surface area contributed by atoms with Crippen molar-refractivity contribution in [2.45, 2.75) is 97.1 Å². The molecule has 0 amide bonds. The summed E-state index contributed by atoms with van der Waals surface area (Å²) >= 11 is 0. The highest BCUT2D eigenvalue weighted by molar-refractivity contribution is 4.93. The summed E-state index contributed by atoms with van der Waals surface area (Å²) in [5.74, 6) is 0. The monoisotopic (exact) mass is 294 g/mol. The Hall–Kier alpha value is -0.0800. The molecule has 2 rings (SSSR count). The van der Waals surface area contributed by atoms with E-state index in [0.29, 0.717) is 5.41 Å². The van der Waals surface area contributed by atoms with E-state index in [1.54, 1.807) is 0 Å². The van der Waals surface area contributed by atoms with Crippen LogP contribution in [0, 0.1) is 5.41 Å². The molecule has 2 fully saturated rings. The minimum Gasteiger partial charge on any atom is -0.316 e. The Balaban J connectivity index is 2.02. The highest BCUT2D eigenvalue weighted by Gasteiger charge is 2.38. The fourth-order valence-electron chi connectivity index (χ4n) is 4.64. The third kappa shape index (κ3) is 4.69. The summed E-state index contributed by atoms with van der Waals surface area (Å²) in [6.45, 7) is 10.9. The highest BCUT2D eigenvalue weighted by atomic mass is 15.2. The molecule has 1 saturated heterocycles. The first-order valence-electron chi connectivity index (χ1n) is 9.67. The van der Waals surface area contributed by atoms with Crippen LogP contribution in [0.2, 0.25) is 0 Å². The maximum Gasteiger partial charge on any atom is 0.00962 e. The van der Waals surface area contributed by atoms with Crippen LogP contribution in [-0.2, 0) is 0 Å². The smallest absolute Gasteiger partial charge is 0.00962 e. The molecule has 1 aliphatic heterocycles. The van der Waals surface area contributed by atoms with Gasteiger partial charge in [0.2, 0.25) is 0 Å². The molecule has 124 valence electrons. The maximum atomic E-state index is 3.77. The third-order valence-electron chi connectivity index (χ3n) is 6.03. The second kappa shape index (κ2) is 8.53. The summed E-state index contributed by atoms with van der Waals surface area (Å²) in [4.78, 5) is 2.87. The van der Waals surface area contributed by atoms with Gasteiger partial charge >= 0.3 is 0 Å². The molecule has 2 heteroatoms. The Morgan fingerprint density at radius 1 is 1.05 bits per heavy atom. The van der Waals surface area contributed by atoms with E-state index >= 15 is 0 Å². The summed E-state index contributed by atoms with van der Waals surface area (Å²) in [5, 5.41) is 3.77. The molecule has 0 spiro atoms. The molecule has 0 bridgehead atoms. The van der Waals surface area contributed by atoms with Gasteiger partial charge in [-0.3, -0.25) is 4.90 Å². The predicted octanol–water partition coefficient (Wildman–Crippen LogP) is 4.59. The molecule has 21 heavy (non-hydrogen) atoms. The molecule has 0 aromatic heterocycles. The van der Waals surface area contributed by atoms with Gasteiger partial charge in [-0.05, 0) is 57.4 Å². The summed E-state index contributed by atoms with van der Waals surface area (Å²) in [5.41, 5.74) is 0.553. The molecular formula is C19H38N2. The summed E-state index contributed by atoms with van der Waals surface area (Å²) in [6.07, 6.45) is 14.2. The zero-order chi connectivity index (χ0) is 15.1. The first-order valence-corrected chi connectivity index (χ1v) is 9.67. The molecule has 1 saturated carbocycles. The van der Waals surface area contributed by atoms with Crippen molar-refractivity contribution >= 4 is 0 Å². The van der Waals surface area contributed by atoms with E-state index in [1.807, 2.05) is 0 Å². The fourth-order valence-corrected chi connectivity index (χ4v) is 4.64. The second-order valence-electron chi connectivity index (χ2n) is 7.75. The lowest BCUT2D eigenvalue weighted by Gasteiger charge is -2.41. The molecule has 1 N–H and O–H groups in total. The van der Waals surface area contributed by atoms with E-state index in [9.17, 15) is 0 Å². The van der Waals surface area contributed by atoms with Crippen LogP contribution in [0.25, 0.3) is 0 Å². The van der Waals surface area contributed by atoms with E-state index in [0.717, 1.165) is 12.1 Å². The van der Waals surface area contributed by atoms with Crippen molar-refractivity contribution in [2.24, 2.45) is 5.41 Å². The van der Waals surface area contributed by atoms with Gasteiger partial charge in [0, 0.05) is 25.2 Å². The lowest BCUT2D eigenvalue weighted by Crippen LogP contribution is -2.47. The van der Waals surface area contributed by atoms with E-state index in [-0.39, 0.29) is 0 Å². The third-order valence-corrected chi connectivity index (χ3v) is 6.03. The lowest BCUT2D eigenvalue weighted by atomic mass is 9.79. The van der Waals surface area contributed by atoms with Crippen LogP contribution in [-0.4, -0.2) is 36.6 Å². The van der Waals surface area contributed by atoms with Crippen LogP contribution in [0.5, 0.6) is 0 Å². The molecule has 0 radical (unpaired) electrons. The Kier molecular flexibility index (Phi) is 7.01. The summed E-state index contributed by atoms with van der Waals surface area (Å²) in [6, 6.07) is 1.66. The Morgan fingerprint density at radius 3 is 2.38 bits per heavy atom. The number of nitrogens with zero attached hydrogens (tertiary/aromatic N) is 1. The van der Waals surface area contributed by atoms with Crippen molar-refractivity contribution in [1.29, 1.82) is 0 Å². The van der Waals surface area contributed by atoms with Crippen molar-refractivity contribution in [3.05, 3.63) is 0 Å². The minimum atomic E-state index is 0.553. The number of likely N-dealkylation sites (tertiary alicyclic amines) is 1. The first-order chi connectivity index (χ1) is 10.2. The Labute approximate surface area is 133 Å². The van der Waals surface area contributed by atoms with Gasteiger partial charge in [0.15, 0.2) is 0 Å². The normalized spacial score (nSPS) is 30.4. The summed E-state index contributed by atoms with van der Waals surface area (Å²) < 4.78 is 0. The van der Waals surface area contributed by atoms with Crippen LogP contribution in [0.3, 0.4) is 0 Å². The second-order valence-corrected chi connectivity index (χ2v) is 7.75. The molecule has 2 unspecified atom stereocenters. The van der Waals surface area contributed by atoms with Gasteiger partial charge in [0.05, 0.1) is 0 Å². The van der Waals surface area contributed by atoms with E-state index in [4.69, 9.17) is 0 Å². The van der Waals surface area contributed by atoms with E-state index < -0.39 is 0 Å². The van der Waals surface area contributed by atoms with E-state index in [1.165, 1.54) is 83.8 Å².